The lowest BCUT2D eigenvalue weighted by Gasteiger charge is -2.21. The number of benzene rings is 1. The summed E-state index contributed by atoms with van der Waals surface area (Å²) in [5, 5.41) is 0. The Morgan fingerprint density at radius 2 is 1.95 bits per heavy atom. The molecule has 20 heavy (non-hydrogen) atoms. The maximum Gasteiger partial charge on any atom is 0.245 e. The Hall–Kier alpha value is -1.05. The van der Waals surface area contributed by atoms with E-state index in [-0.39, 0.29) is 24.6 Å². The van der Waals surface area contributed by atoms with Gasteiger partial charge < -0.3 is 5.73 Å². The van der Waals surface area contributed by atoms with Gasteiger partial charge in [0.25, 0.3) is 0 Å². The Labute approximate surface area is 118 Å². The van der Waals surface area contributed by atoms with Gasteiger partial charge in [0.2, 0.25) is 10.0 Å². The number of halogens is 2. The molecule has 0 aliphatic rings. The first-order valence-corrected chi connectivity index (χ1v) is 7.82. The van der Waals surface area contributed by atoms with Crippen LogP contribution in [0.1, 0.15) is 25.8 Å². The molecule has 0 spiro atoms. The maximum atomic E-state index is 13.8. The summed E-state index contributed by atoms with van der Waals surface area (Å²) in [4.78, 5) is -0.663. The van der Waals surface area contributed by atoms with Crippen molar-refractivity contribution in [2.75, 3.05) is 13.6 Å². The Bertz CT molecular complexity index is 576. The Kier molecular flexibility index (Phi) is 5.61. The van der Waals surface area contributed by atoms with Gasteiger partial charge in [-0.2, -0.15) is 0 Å². The molecule has 0 aliphatic carbocycles. The topological polar surface area (TPSA) is 63.4 Å². The van der Waals surface area contributed by atoms with Crippen molar-refractivity contribution < 1.29 is 17.2 Å². The number of hydrogen-bond acceptors (Lipinski definition) is 3. The van der Waals surface area contributed by atoms with E-state index in [9.17, 15) is 17.2 Å². The molecule has 1 atom stereocenters. The first kappa shape index (κ1) is 17.0. The van der Waals surface area contributed by atoms with Gasteiger partial charge in [0.05, 0.1) is 0 Å². The number of hydrogen-bond donors (Lipinski definition) is 1. The van der Waals surface area contributed by atoms with Crippen molar-refractivity contribution in [2.45, 2.75) is 31.7 Å². The first-order valence-electron chi connectivity index (χ1n) is 6.38. The molecule has 0 heterocycles. The van der Waals surface area contributed by atoms with Gasteiger partial charge in [-0.15, -0.1) is 0 Å². The molecular weight excluding hydrogens is 286 g/mol. The van der Waals surface area contributed by atoms with E-state index in [2.05, 4.69) is 0 Å². The Morgan fingerprint density at radius 3 is 2.45 bits per heavy atom. The highest BCUT2D eigenvalue weighted by atomic mass is 32.2. The number of rotatable bonds is 6. The fraction of sp³-hybridized carbons (Fsp3) is 0.538. The molecule has 0 aromatic heterocycles. The fourth-order valence-electron chi connectivity index (χ4n) is 1.76. The predicted octanol–water partition coefficient (Wildman–Crippen LogP) is 2.09. The summed E-state index contributed by atoms with van der Waals surface area (Å²) >= 11 is 0. The third-order valence-corrected chi connectivity index (χ3v) is 5.07. The summed E-state index contributed by atoms with van der Waals surface area (Å²) < 4.78 is 52.9. The van der Waals surface area contributed by atoms with Gasteiger partial charge in [-0.3, -0.25) is 0 Å². The van der Waals surface area contributed by atoms with Crippen LogP contribution in [0.4, 0.5) is 8.78 Å². The zero-order valence-electron chi connectivity index (χ0n) is 11.9. The van der Waals surface area contributed by atoms with Gasteiger partial charge in [-0.05, 0) is 23.6 Å². The van der Waals surface area contributed by atoms with Crippen molar-refractivity contribution in [1.82, 2.24) is 4.31 Å². The van der Waals surface area contributed by atoms with Gasteiger partial charge in [0.15, 0.2) is 11.6 Å². The molecule has 0 saturated heterocycles. The van der Waals surface area contributed by atoms with E-state index in [1.807, 2.05) is 13.8 Å². The van der Waals surface area contributed by atoms with Gasteiger partial charge >= 0.3 is 0 Å². The monoisotopic (exact) mass is 306 g/mol. The van der Waals surface area contributed by atoms with Crippen molar-refractivity contribution in [3.8, 4) is 0 Å². The van der Waals surface area contributed by atoms with E-state index in [4.69, 9.17) is 5.73 Å². The van der Waals surface area contributed by atoms with Gasteiger partial charge in [0, 0.05) is 20.1 Å². The summed E-state index contributed by atoms with van der Waals surface area (Å²) in [6.45, 7) is 4.00. The van der Waals surface area contributed by atoms with Crippen LogP contribution in [0.2, 0.25) is 0 Å². The number of nitrogens with two attached hydrogens (primary N) is 1. The van der Waals surface area contributed by atoms with E-state index >= 15 is 0 Å². The molecular formula is C13H20F2N2O2S. The molecule has 0 aliphatic heterocycles. The molecule has 1 unspecified atom stereocenters. The van der Waals surface area contributed by atoms with Crippen LogP contribution in [0.15, 0.2) is 17.0 Å². The van der Waals surface area contributed by atoms with Crippen LogP contribution in [0.25, 0.3) is 0 Å². The van der Waals surface area contributed by atoms with Crippen molar-refractivity contribution in [3.05, 3.63) is 29.3 Å². The minimum absolute atomic E-state index is 0.0607. The summed E-state index contributed by atoms with van der Waals surface area (Å²) in [6.07, 6.45) is 0.791. The molecule has 1 aromatic rings. The minimum atomic E-state index is -4.07. The average molecular weight is 306 g/mol. The van der Waals surface area contributed by atoms with Crippen molar-refractivity contribution in [2.24, 2.45) is 11.7 Å². The molecule has 1 rings (SSSR count). The summed E-state index contributed by atoms with van der Waals surface area (Å²) in [5.41, 5.74) is 5.60. The number of nitrogens with zero attached hydrogens (tertiary/aromatic N) is 1. The van der Waals surface area contributed by atoms with E-state index in [1.54, 1.807) is 0 Å². The van der Waals surface area contributed by atoms with Gasteiger partial charge in [-0.25, -0.2) is 21.5 Å². The summed E-state index contributed by atoms with van der Waals surface area (Å²) in [5.74, 6) is -2.44. The third-order valence-electron chi connectivity index (χ3n) is 3.24. The molecule has 0 saturated carbocycles. The molecule has 0 bridgehead atoms. The average Bonchev–Trinajstić information content (AvgIpc) is 2.40. The Balaban J connectivity index is 3.24. The zero-order valence-corrected chi connectivity index (χ0v) is 12.7. The van der Waals surface area contributed by atoms with E-state index in [0.717, 1.165) is 22.9 Å². The summed E-state index contributed by atoms with van der Waals surface area (Å²) in [7, 11) is -2.71. The molecule has 2 N–H and O–H groups in total. The second kappa shape index (κ2) is 6.60. The van der Waals surface area contributed by atoms with Crippen LogP contribution in [-0.2, 0) is 16.6 Å². The Morgan fingerprint density at radius 1 is 1.35 bits per heavy atom. The highest BCUT2D eigenvalue weighted by Gasteiger charge is 2.27. The zero-order chi connectivity index (χ0) is 15.5. The highest BCUT2D eigenvalue weighted by Crippen LogP contribution is 2.23. The van der Waals surface area contributed by atoms with Gasteiger partial charge in [0.1, 0.15) is 4.90 Å². The molecule has 0 radical (unpaired) electrons. The van der Waals surface area contributed by atoms with Crippen LogP contribution in [-0.4, -0.2) is 26.3 Å². The summed E-state index contributed by atoms with van der Waals surface area (Å²) in [6, 6.07) is 1.99. The lowest BCUT2D eigenvalue weighted by atomic mass is 10.1. The fourth-order valence-corrected chi connectivity index (χ4v) is 3.17. The van der Waals surface area contributed by atoms with Gasteiger partial charge in [-0.1, -0.05) is 20.3 Å². The third kappa shape index (κ3) is 3.53. The molecule has 0 amide bonds. The minimum Gasteiger partial charge on any atom is -0.326 e. The van der Waals surface area contributed by atoms with Crippen LogP contribution >= 0.6 is 0 Å². The molecule has 4 nitrogen and oxygen atoms in total. The van der Waals surface area contributed by atoms with Crippen LogP contribution in [0.5, 0.6) is 0 Å². The normalized spacial score (nSPS) is 13.8. The van der Waals surface area contributed by atoms with E-state index in [1.165, 1.54) is 7.05 Å². The standard InChI is InChI=1S/C13H20F2N2O2S/c1-4-9(2)8-17(3)20(18,19)12-6-10(7-16)5-11(14)13(12)15/h5-6,9H,4,7-8,16H2,1-3H3. The van der Waals surface area contributed by atoms with Crippen LogP contribution < -0.4 is 5.73 Å². The SMILES string of the molecule is CCC(C)CN(C)S(=O)(=O)c1cc(CN)cc(F)c1F. The quantitative estimate of drug-likeness (QED) is 0.875. The largest absolute Gasteiger partial charge is 0.326 e. The van der Waals surface area contributed by atoms with Crippen molar-refractivity contribution in [3.63, 3.8) is 0 Å². The second-order valence-electron chi connectivity index (χ2n) is 4.89. The molecule has 114 valence electrons. The smallest absolute Gasteiger partial charge is 0.245 e. The maximum absolute atomic E-state index is 13.8. The molecule has 7 heteroatoms. The lowest BCUT2D eigenvalue weighted by Crippen LogP contribution is -2.32. The van der Waals surface area contributed by atoms with Crippen LogP contribution in [0, 0.1) is 17.6 Å². The van der Waals surface area contributed by atoms with Crippen molar-refractivity contribution in [1.29, 1.82) is 0 Å². The highest BCUT2D eigenvalue weighted by molar-refractivity contribution is 7.89. The molecule has 1 aromatic carbocycles. The van der Waals surface area contributed by atoms with E-state index in [0.29, 0.717) is 0 Å². The predicted molar refractivity (Wildman–Crippen MR) is 73.5 cm³/mol. The molecule has 0 fully saturated rings. The first-order chi connectivity index (χ1) is 9.23. The van der Waals surface area contributed by atoms with Crippen molar-refractivity contribution >= 4 is 10.0 Å². The lowest BCUT2D eigenvalue weighted by molar-refractivity contribution is 0.389. The van der Waals surface area contributed by atoms with Crippen LogP contribution in [0.3, 0.4) is 0 Å². The second-order valence-corrected chi connectivity index (χ2v) is 6.91. The number of sulfonamides is 1. The van der Waals surface area contributed by atoms with E-state index < -0.39 is 26.6 Å².